The highest BCUT2D eigenvalue weighted by atomic mass is 32.1. The Balaban J connectivity index is 2.12. The molecule has 2 heterocycles. The molecule has 0 fully saturated rings. The summed E-state index contributed by atoms with van der Waals surface area (Å²) in [6, 6.07) is 1.74. The summed E-state index contributed by atoms with van der Waals surface area (Å²) < 4.78 is 0. The molecule has 0 radical (unpaired) electrons. The zero-order valence-corrected chi connectivity index (χ0v) is 13.5. The van der Waals surface area contributed by atoms with Crippen molar-refractivity contribution in [2.45, 2.75) is 51.6 Å². The van der Waals surface area contributed by atoms with Crippen LogP contribution < -0.4 is 5.32 Å². The number of carbonyl (C=O) groups excluding carboxylic acids is 1. The molecule has 1 aliphatic rings. The quantitative estimate of drug-likeness (QED) is 0.898. The number of hydrogen-bond donors (Lipinski definition) is 2. The van der Waals surface area contributed by atoms with Gasteiger partial charge in [0.15, 0.2) is 0 Å². The Hall–Kier alpha value is -1.56. The largest absolute Gasteiger partial charge is 0.480 e. The van der Waals surface area contributed by atoms with E-state index >= 15 is 0 Å². The lowest BCUT2D eigenvalue weighted by atomic mass is 9.96. The average Bonchev–Trinajstić information content (AvgIpc) is 2.88. The molecule has 0 aliphatic carbocycles. The number of urea groups is 1. The Morgan fingerprint density at radius 2 is 2.29 bits per heavy atom. The van der Waals surface area contributed by atoms with E-state index in [4.69, 9.17) is 0 Å². The van der Waals surface area contributed by atoms with Gasteiger partial charge >= 0.3 is 12.0 Å². The third kappa shape index (κ3) is 3.05. The van der Waals surface area contributed by atoms with Crippen LogP contribution in [0.15, 0.2) is 11.4 Å². The van der Waals surface area contributed by atoms with Gasteiger partial charge in [0, 0.05) is 11.4 Å². The maximum atomic E-state index is 12.5. The van der Waals surface area contributed by atoms with Crippen LogP contribution in [0.1, 0.15) is 50.1 Å². The van der Waals surface area contributed by atoms with Crippen molar-refractivity contribution in [3.63, 3.8) is 0 Å². The van der Waals surface area contributed by atoms with Crippen molar-refractivity contribution in [3.05, 3.63) is 21.9 Å². The van der Waals surface area contributed by atoms with E-state index in [2.05, 4.69) is 5.32 Å². The van der Waals surface area contributed by atoms with Crippen molar-refractivity contribution in [1.82, 2.24) is 10.2 Å². The second-order valence-electron chi connectivity index (χ2n) is 5.74. The van der Waals surface area contributed by atoms with E-state index in [1.807, 2.05) is 25.3 Å². The van der Waals surface area contributed by atoms with Gasteiger partial charge in [0.25, 0.3) is 0 Å². The molecular formula is C15H22N2O3S. The van der Waals surface area contributed by atoms with E-state index in [9.17, 15) is 14.7 Å². The van der Waals surface area contributed by atoms with Crippen molar-refractivity contribution in [2.24, 2.45) is 0 Å². The minimum atomic E-state index is -1.21. The molecule has 6 heteroatoms. The molecule has 2 N–H and O–H groups in total. The van der Waals surface area contributed by atoms with E-state index in [1.54, 1.807) is 23.2 Å². The van der Waals surface area contributed by atoms with Gasteiger partial charge < -0.3 is 15.3 Å². The summed E-state index contributed by atoms with van der Waals surface area (Å²) in [5.74, 6) is -0.987. The molecule has 0 saturated carbocycles. The fraction of sp³-hybridized carbons (Fsp3) is 0.600. The van der Waals surface area contributed by atoms with Gasteiger partial charge in [-0.3, -0.25) is 0 Å². The first-order chi connectivity index (χ1) is 9.89. The Kier molecular flexibility index (Phi) is 4.56. The number of nitrogens with zero attached hydrogens (tertiary/aromatic N) is 1. The maximum Gasteiger partial charge on any atom is 0.329 e. The van der Waals surface area contributed by atoms with E-state index in [0.717, 1.165) is 6.42 Å². The molecule has 2 amide bonds. The lowest BCUT2D eigenvalue weighted by Gasteiger charge is -2.36. The Morgan fingerprint density at radius 3 is 2.90 bits per heavy atom. The zero-order chi connectivity index (χ0) is 15.6. The lowest BCUT2D eigenvalue weighted by Crippen LogP contribution is -2.57. The average molecular weight is 310 g/mol. The highest BCUT2D eigenvalue weighted by Crippen LogP contribution is 2.33. The number of carboxylic acid groups (broad SMARTS) is 1. The molecule has 5 nitrogen and oxygen atoms in total. The van der Waals surface area contributed by atoms with Gasteiger partial charge in [0.2, 0.25) is 0 Å². The van der Waals surface area contributed by atoms with Crippen LogP contribution >= 0.6 is 11.3 Å². The number of thiophene rings is 1. The first-order valence-electron chi connectivity index (χ1n) is 7.27. The number of fused-ring (bicyclic) bond motifs is 1. The van der Waals surface area contributed by atoms with Crippen LogP contribution in [-0.4, -0.2) is 34.1 Å². The molecule has 1 aromatic heterocycles. The summed E-state index contributed by atoms with van der Waals surface area (Å²) in [5.41, 5.74) is -0.0329. The van der Waals surface area contributed by atoms with E-state index in [0.29, 0.717) is 19.4 Å². The van der Waals surface area contributed by atoms with Crippen LogP contribution in [0.5, 0.6) is 0 Å². The predicted octanol–water partition coefficient (Wildman–Crippen LogP) is 3.02. The second kappa shape index (κ2) is 6.05. The van der Waals surface area contributed by atoms with Gasteiger partial charge in [0.05, 0.1) is 6.04 Å². The standard InChI is InChI=1S/C15H22N2O3S/c1-4-7-15(3,13(18)19)16-14(20)17-8-5-12-11(10(17)2)6-9-21-12/h6,9-10H,4-5,7-8H2,1-3H3,(H,16,20)(H,18,19). The molecule has 116 valence electrons. The summed E-state index contributed by atoms with van der Waals surface area (Å²) in [6.07, 6.45) is 1.95. The fourth-order valence-electron chi connectivity index (χ4n) is 2.82. The van der Waals surface area contributed by atoms with Gasteiger partial charge in [-0.1, -0.05) is 13.3 Å². The van der Waals surface area contributed by atoms with Crippen LogP contribution in [0.3, 0.4) is 0 Å². The number of aliphatic carboxylic acids is 1. The first kappa shape index (κ1) is 15.8. The zero-order valence-electron chi connectivity index (χ0n) is 12.7. The van der Waals surface area contributed by atoms with E-state index in [1.165, 1.54) is 10.4 Å². The van der Waals surface area contributed by atoms with Crippen molar-refractivity contribution >= 4 is 23.3 Å². The smallest absolute Gasteiger partial charge is 0.329 e. The summed E-state index contributed by atoms with van der Waals surface area (Å²) in [7, 11) is 0. The lowest BCUT2D eigenvalue weighted by molar-refractivity contribution is -0.144. The number of nitrogens with one attached hydrogen (secondary N) is 1. The molecule has 2 atom stereocenters. The Bertz CT molecular complexity index is 543. The SMILES string of the molecule is CCCC(C)(NC(=O)N1CCc2sccc2C1C)C(=O)O. The molecule has 0 aromatic carbocycles. The molecule has 21 heavy (non-hydrogen) atoms. The van der Waals surface area contributed by atoms with Gasteiger partial charge in [0.1, 0.15) is 5.54 Å². The van der Waals surface area contributed by atoms with Crippen molar-refractivity contribution in [1.29, 1.82) is 0 Å². The molecule has 1 aromatic rings. The second-order valence-corrected chi connectivity index (χ2v) is 6.74. The first-order valence-corrected chi connectivity index (χ1v) is 8.15. The number of carbonyl (C=O) groups is 2. The molecule has 1 aliphatic heterocycles. The highest BCUT2D eigenvalue weighted by Gasteiger charge is 2.37. The molecule has 2 rings (SSSR count). The number of amides is 2. The van der Waals surface area contributed by atoms with Gasteiger partial charge in [-0.15, -0.1) is 11.3 Å². The van der Waals surface area contributed by atoms with Gasteiger partial charge in [-0.2, -0.15) is 0 Å². The highest BCUT2D eigenvalue weighted by molar-refractivity contribution is 7.10. The maximum absolute atomic E-state index is 12.5. The third-order valence-electron chi connectivity index (χ3n) is 4.14. The molecular weight excluding hydrogens is 288 g/mol. The summed E-state index contributed by atoms with van der Waals surface area (Å²) in [4.78, 5) is 27.0. The van der Waals surface area contributed by atoms with Crippen LogP contribution in [-0.2, 0) is 11.2 Å². The summed E-state index contributed by atoms with van der Waals surface area (Å²) in [6.45, 7) is 6.10. The normalized spacial score (nSPS) is 20.5. The van der Waals surface area contributed by atoms with E-state index < -0.39 is 11.5 Å². The van der Waals surface area contributed by atoms with Gasteiger partial charge in [-0.25, -0.2) is 9.59 Å². The van der Waals surface area contributed by atoms with Crippen LogP contribution in [0, 0.1) is 0 Å². The number of hydrogen-bond acceptors (Lipinski definition) is 3. The third-order valence-corrected chi connectivity index (χ3v) is 5.14. The number of carboxylic acids is 1. The van der Waals surface area contributed by atoms with Crippen molar-refractivity contribution in [2.75, 3.05) is 6.54 Å². The Morgan fingerprint density at radius 1 is 1.57 bits per heavy atom. The minimum absolute atomic E-state index is 0.0142. The van der Waals surface area contributed by atoms with Gasteiger partial charge in [-0.05, 0) is 43.7 Å². The molecule has 2 unspecified atom stereocenters. The van der Waals surface area contributed by atoms with Crippen molar-refractivity contribution in [3.8, 4) is 0 Å². The molecule has 0 saturated heterocycles. The Labute approximate surface area is 129 Å². The van der Waals surface area contributed by atoms with Crippen LogP contribution in [0.4, 0.5) is 4.79 Å². The summed E-state index contributed by atoms with van der Waals surface area (Å²) in [5, 5.41) is 14.1. The molecule has 0 bridgehead atoms. The minimum Gasteiger partial charge on any atom is -0.480 e. The molecule has 0 spiro atoms. The topological polar surface area (TPSA) is 69.6 Å². The summed E-state index contributed by atoms with van der Waals surface area (Å²) >= 11 is 1.72. The number of rotatable bonds is 4. The van der Waals surface area contributed by atoms with E-state index in [-0.39, 0.29) is 12.1 Å². The van der Waals surface area contributed by atoms with Crippen molar-refractivity contribution < 1.29 is 14.7 Å². The fourth-order valence-corrected chi connectivity index (χ4v) is 3.78. The van der Waals surface area contributed by atoms with Crippen LogP contribution in [0.2, 0.25) is 0 Å². The predicted molar refractivity (Wildman–Crippen MR) is 82.6 cm³/mol. The monoisotopic (exact) mass is 310 g/mol. The van der Waals surface area contributed by atoms with Crippen LogP contribution in [0.25, 0.3) is 0 Å².